The minimum atomic E-state index is -0.521. The van der Waals surface area contributed by atoms with E-state index < -0.39 is 5.91 Å². The Labute approximate surface area is 97.2 Å². The molecule has 0 aromatic rings. The van der Waals surface area contributed by atoms with Gasteiger partial charge in [0, 0.05) is 0 Å². The first kappa shape index (κ1) is 14.9. The number of primary amides is 1. The van der Waals surface area contributed by atoms with Crippen LogP contribution < -0.4 is 16.4 Å². The van der Waals surface area contributed by atoms with E-state index in [1.165, 1.54) is 0 Å². The summed E-state index contributed by atoms with van der Waals surface area (Å²) in [6, 6.07) is -0.237. The van der Waals surface area contributed by atoms with E-state index in [-0.39, 0.29) is 18.5 Å². The molecule has 5 nitrogen and oxygen atoms in total. The fraction of sp³-hybridized carbons (Fsp3) is 0.818. The summed E-state index contributed by atoms with van der Waals surface area (Å²) in [5.74, 6) is -0.248. The highest BCUT2D eigenvalue weighted by Crippen LogP contribution is 2.04. The van der Waals surface area contributed by atoms with Crippen LogP contribution in [0.3, 0.4) is 0 Å². The SMILES string of the molecule is CCCNC(CC(C)C)C(=O)NCC(N)=O. The Hall–Kier alpha value is -1.10. The Bertz CT molecular complexity index is 229. The van der Waals surface area contributed by atoms with Gasteiger partial charge in [-0.3, -0.25) is 9.59 Å². The predicted molar refractivity (Wildman–Crippen MR) is 63.7 cm³/mol. The van der Waals surface area contributed by atoms with Crippen LogP contribution in [0.2, 0.25) is 0 Å². The minimum absolute atomic E-state index is 0.0960. The van der Waals surface area contributed by atoms with Gasteiger partial charge in [-0.25, -0.2) is 0 Å². The van der Waals surface area contributed by atoms with Gasteiger partial charge in [0.2, 0.25) is 11.8 Å². The lowest BCUT2D eigenvalue weighted by molar-refractivity contribution is -0.126. The normalized spacial score (nSPS) is 12.5. The first-order chi connectivity index (χ1) is 7.47. The van der Waals surface area contributed by atoms with Crippen LogP contribution in [0.15, 0.2) is 0 Å². The molecule has 0 aliphatic rings. The van der Waals surface area contributed by atoms with E-state index in [2.05, 4.69) is 24.5 Å². The largest absolute Gasteiger partial charge is 0.368 e. The van der Waals surface area contributed by atoms with Gasteiger partial charge < -0.3 is 16.4 Å². The van der Waals surface area contributed by atoms with Crippen LogP contribution >= 0.6 is 0 Å². The summed E-state index contributed by atoms with van der Waals surface area (Å²) in [6.45, 7) is 6.85. The zero-order valence-electron chi connectivity index (χ0n) is 10.4. The Morgan fingerprint density at radius 1 is 1.31 bits per heavy atom. The topological polar surface area (TPSA) is 84.2 Å². The molecule has 4 N–H and O–H groups in total. The molecular weight excluding hydrogens is 206 g/mol. The lowest BCUT2D eigenvalue weighted by Gasteiger charge is -2.19. The van der Waals surface area contributed by atoms with Gasteiger partial charge in [-0.1, -0.05) is 20.8 Å². The van der Waals surface area contributed by atoms with Gasteiger partial charge in [0.05, 0.1) is 12.6 Å². The monoisotopic (exact) mass is 229 g/mol. The zero-order valence-corrected chi connectivity index (χ0v) is 10.4. The molecular formula is C11H23N3O2. The Morgan fingerprint density at radius 3 is 2.38 bits per heavy atom. The molecule has 2 amide bonds. The Kier molecular flexibility index (Phi) is 7.54. The van der Waals surface area contributed by atoms with Gasteiger partial charge in [0.25, 0.3) is 0 Å². The van der Waals surface area contributed by atoms with Crippen LogP contribution in [0, 0.1) is 5.92 Å². The predicted octanol–water partition coefficient (Wildman–Crippen LogP) is 0.00220. The first-order valence-electron chi connectivity index (χ1n) is 5.76. The molecule has 0 aliphatic carbocycles. The summed E-state index contributed by atoms with van der Waals surface area (Å²) in [5, 5.41) is 5.68. The van der Waals surface area contributed by atoms with Gasteiger partial charge >= 0.3 is 0 Å². The third-order valence-electron chi connectivity index (χ3n) is 2.10. The smallest absolute Gasteiger partial charge is 0.237 e. The second-order valence-electron chi connectivity index (χ2n) is 4.32. The molecule has 0 aliphatic heterocycles. The van der Waals surface area contributed by atoms with Crippen molar-refractivity contribution >= 4 is 11.8 Å². The Balaban J connectivity index is 4.14. The van der Waals surface area contributed by atoms with Crippen molar-refractivity contribution in [1.82, 2.24) is 10.6 Å². The zero-order chi connectivity index (χ0) is 12.6. The van der Waals surface area contributed by atoms with Crippen LogP contribution in [-0.4, -0.2) is 30.9 Å². The molecule has 0 rings (SSSR count). The molecule has 1 atom stereocenters. The van der Waals surface area contributed by atoms with E-state index in [1.807, 2.05) is 6.92 Å². The van der Waals surface area contributed by atoms with Crippen molar-refractivity contribution in [3.8, 4) is 0 Å². The summed E-state index contributed by atoms with van der Waals surface area (Å²) in [6.07, 6.45) is 1.72. The van der Waals surface area contributed by atoms with E-state index >= 15 is 0 Å². The van der Waals surface area contributed by atoms with Gasteiger partial charge in [-0.2, -0.15) is 0 Å². The summed E-state index contributed by atoms with van der Waals surface area (Å²) in [5.41, 5.74) is 4.97. The molecule has 0 bridgehead atoms. The maximum absolute atomic E-state index is 11.7. The van der Waals surface area contributed by atoms with E-state index in [4.69, 9.17) is 5.73 Å². The second kappa shape index (κ2) is 8.10. The quantitative estimate of drug-likeness (QED) is 0.548. The highest BCUT2D eigenvalue weighted by molar-refractivity contribution is 5.86. The fourth-order valence-corrected chi connectivity index (χ4v) is 1.37. The minimum Gasteiger partial charge on any atom is -0.368 e. The summed E-state index contributed by atoms with van der Waals surface area (Å²) in [7, 11) is 0. The summed E-state index contributed by atoms with van der Waals surface area (Å²) in [4.78, 5) is 22.3. The molecule has 0 fully saturated rings. The molecule has 0 spiro atoms. The number of carbonyl (C=O) groups is 2. The van der Waals surface area contributed by atoms with Crippen LogP contribution in [0.5, 0.6) is 0 Å². The van der Waals surface area contributed by atoms with Crippen LogP contribution in [0.4, 0.5) is 0 Å². The summed E-state index contributed by atoms with van der Waals surface area (Å²) < 4.78 is 0. The number of hydrogen-bond donors (Lipinski definition) is 3. The average Bonchev–Trinajstić information content (AvgIpc) is 2.20. The first-order valence-corrected chi connectivity index (χ1v) is 5.76. The highest BCUT2D eigenvalue weighted by atomic mass is 16.2. The van der Waals surface area contributed by atoms with Crippen molar-refractivity contribution in [1.29, 1.82) is 0 Å². The van der Waals surface area contributed by atoms with Gasteiger partial charge in [0.15, 0.2) is 0 Å². The molecule has 0 saturated carbocycles. The number of nitrogens with two attached hydrogens (primary N) is 1. The standard InChI is InChI=1S/C11H23N3O2/c1-4-5-13-9(6-8(2)3)11(16)14-7-10(12)15/h8-9,13H,4-7H2,1-3H3,(H2,12,15)(H,14,16). The molecule has 0 radical (unpaired) electrons. The average molecular weight is 229 g/mol. The number of hydrogen-bond acceptors (Lipinski definition) is 3. The molecule has 16 heavy (non-hydrogen) atoms. The molecule has 1 unspecified atom stereocenters. The van der Waals surface area contributed by atoms with E-state index in [0.29, 0.717) is 5.92 Å². The van der Waals surface area contributed by atoms with Crippen molar-refractivity contribution in [2.75, 3.05) is 13.1 Å². The molecule has 0 aromatic carbocycles. The lowest BCUT2D eigenvalue weighted by Crippen LogP contribution is -2.47. The number of carbonyl (C=O) groups excluding carboxylic acids is 2. The van der Waals surface area contributed by atoms with Crippen LogP contribution in [-0.2, 0) is 9.59 Å². The molecule has 0 heterocycles. The van der Waals surface area contributed by atoms with Gasteiger partial charge in [0.1, 0.15) is 0 Å². The molecule has 94 valence electrons. The van der Waals surface area contributed by atoms with Crippen molar-refractivity contribution < 1.29 is 9.59 Å². The lowest BCUT2D eigenvalue weighted by atomic mass is 10.0. The number of amides is 2. The fourth-order valence-electron chi connectivity index (χ4n) is 1.37. The van der Waals surface area contributed by atoms with E-state index in [1.54, 1.807) is 0 Å². The third kappa shape index (κ3) is 7.23. The van der Waals surface area contributed by atoms with Crippen LogP contribution in [0.1, 0.15) is 33.6 Å². The van der Waals surface area contributed by atoms with E-state index in [0.717, 1.165) is 19.4 Å². The Morgan fingerprint density at radius 2 is 1.94 bits per heavy atom. The van der Waals surface area contributed by atoms with Crippen LogP contribution in [0.25, 0.3) is 0 Å². The summed E-state index contributed by atoms with van der Waals surface area (Å²) >= 11 is 0. The van der Waals surface area contributed by atoms with E-state index in [9.17, 15) is 9.59 Å². The third-order valence-corrected chi connectivity index (χ3v) is 2.10. The van der Waals surface area contributed by atoms with Gasteiger partial charge in [-0.15, -0.1) is 0 Å². The van der Waals surface area contributed by atoms with Gasteiger partial charge in [-0.05, 0) is 25.3 Å². The van der Waals surface area contributed by atoms with Crippen molar-refractivity contribution in [3.05, 3.63) is 0 Å². The molecule has 0 aromatic heterocycles. The number of rotatable bonds is 8. The van der Waals surface area contributed by atoms with Crippen molar-refractivity contribution in [2.45, 2.75) is 39.7 Å². The number of nitrogens with one attached hydrogen (secondary N) is 2. The highest BCUT2D eigenvalue weighted by Gasteiger charge is 2.18. The second-order valence-corrected chi connectivity index (χ2v) is 4.32. The van der Waals surface area contributed by atoms with Crippen molar-refractivity contribution in [3.63, 3.8) is 0 Å². The molecule has 5 heteroatoms. The maximum atomic E-state index is 11.7. The van der Waals surface area contributed by atoms with Crippen molar-refractivity contribution in [2.24, 2.45) is 11.7 Å². The maximum Gasteiger partial charge on any atom is 0.237 e. The molecule has 0 saturated heterocycles.